The summed E-state index contributed by atoms with van der Waals surface area (Å²) in [6, 6.07) is 7.37. The van der Waals surface area contributed by atoms with Gasteiger partial charge in [0.05, 0.1) is 5.69 Å². The van der Waals surface area contributed by atoms with Gasteiger partial charge in [-0.1, -0.05) is 11.2 Å². The van der Waals surface area contributed by atoms with E-state index in [0.29, 0.717) is 44.8 Å². The lowest BCUT2D eigenvalue weighted by Gasteiger charge is -2.35. The number of fused-ring (bicyclic) bond motifs is 1. The third kappa shape index (κ3) is 5.75. The second-order valence-electron chi connectivity index (χ2n) is 7.16. The molecule has 11 nitrogen and oxygen atoms in total. The summed E-state index contributed by atoms with van der Waals surface area (Å²) in [6.07, 6.45) is 3.98. The van der Waals surface area contributed by atoms with Crippen molar-refractivity contribution in [3.8, 4) is 0 Å². The molecule has 4 heterocycles. The Bertz CT molecular complexity index is 1120. The highest BCUT2D eigenvalue weighted by Gasteiger charge is 2.29. The van der Waals surface area contributed by atoms with Crippen LogP contribution < -0.4 is 5.32 Å². The topological polar surface area (TPSA) is 121 Å². The van der Waals surface area contributed by atoms with Crippen molar-refractivity contribution in [2.75, 3.05) is 39.3 Å². The smallest absolute Gasteiger partial charge is 0.220 e. The Morgan fingerprint density at radius 2 is 2.00 bits per heavy atom. The highest BCUT2D eigenvalue weighted by Crippen LogP contribution is 2.13. The van der Waals surface area contributed by atoms with E-state index in [2.05, 4.69) is 25.6 Å². The molecule has 0 amide bonds. The molecule has 1 aliphatic heterocycles. The highest BCUT2D eigenvalue weighted by atomic mass is 127. The van der Waals surface area contributed by atoms with Gasteiger partial charge >= 0.3 is 0 Å². The first-order chi connectivity index (χ1) is 15.1. The Hall–Kier alpha value is -2.26. The number of aliphatic imine (C=N–C) groups is 1. The maximum atomic E-state index is 12.6. The average Bonchev–Trinajstić information content (AvgIpc) is 3.43. The molecular weight excluding hydrogens is 547 g/mol. The summed E-state index contributed by atoms with van der Waals surface area (Å²) in [5.74, 6) is 1.49. The van der Waals surface area contributed by atoms with Gasteiger partial charge < -0.3 is 14.7 Å². The predicted octanol–water partition coefficient (Wildman–Crippen LogP) is 0.991. The van der Waals surface area contributed by atoms with Crippen LogP contribution in [0.3, 0.4) is 0 Å². The molecule has 0 unspecified atom stereocenters. The Balaban J connectivity index is 0.00000289. The van der Waals surface area contributed by atoms with E-state index in [0.717, 1.165) is 24.0 Å². The molecule has 4 rings (SSSR count). The molecule has 0 bridgehead atoms. The molecule has 3 aromatic heterocycles. The quantitative estimate of drug-likeness (QED) is 0.252. The fourth-order valence-electron chi connectivity index (χ4n) is 3.52. The molecule has 174 valence electrons. The van der Waals surface area contributed by atoms with E-state index in [-0.39, 0.29) is 29.7 Å². The maximum absolute atomic E-state index is 12.6. The van der Waals surface area contributed by atoms with E-state index in [4.69, 9.17) is 9.52 Å². The van der Waals surface area contributed by atoms with Crippen molar-refractivity contribution in [3.63, 3.8) is 0 Å². The van der Waals surface area contributed by atoms with Crippen LogP contribution in [0, 0.1) is 0 Å². The number of rotatable bonds is 7. The number of sulfonamides is 1. The summed E-state index contributed by atoms with van der Waals surface area (Å²) in [6.45, 7) is 5.24. The van der Waals surface area contributed by atoms with Gasteiger partial charge in [0.1, 0.15) is 17.8 Å². The average molecular weight is 574 g/mol. The molecule has 0 aromatic carbocycles. The molecule has 32 heavy (non-hydrogen) atoms. The lowest BCUT2D eigenvalue weighted by atomic mass is 10.3. The lowest BCUT2D eigenvalue weighted by molar-refractivity contribution is 0.260. The second kappa shape index (κ2) is 11.0. The van der Waals surface area contributed by atoms with Crippen LogP contribution in [-0.2, 0) is 22.2 Å². The second-order valence-corrected chi connectivity index (χ2v) is 9.13. The normalized spacial score (nSPS) is 15.7. The minimum atomic E-state index is -3.43. The lowest BCUT2D eigenvalue weighted by Crippen LogP contribution is -2.54. The molecule has 3 aromatic rings. The van der Waals surface area contributed by atoms with Crippen molar-refractivity contribution in [2.24, 2.45) is 4.99 Å². The molecule has 1 fully saturated rings. The summed E-state index contributed by atoms with van der Waals surface area (Å²) in [5.41, 5.74) is 1.23. The number of hydrogen-bond acceptors (Lipinski definition) is 7. The molecule has 0 aliphatic carbocycles. The standard InChI is InChI=1S/C19H26N8O3S.HI/c1-2-20-19(21-8-6-18-23-22-17-5-3-4-9-27(17)18)25-10-12-26(13-11-25)31(28,29)15-16-7-14-30-24-16;/h3-5,7,9,14H,2,6,8,10-13,15H2,1H3,(H,20,21);1H. The number of guanidine groups is 1. The minimum absolute atomic E-state index is 0. The molecule has 1 saturated heterocycles. The van der Waals surface area contributed by atoms with Gasteiger partial charge in [-0.3, -0.25) is 9.39 Å². The van der Waals surface area contributed by atoms with E-state index in [1.54, 1.807) is 6.07 Å². The number of halogens is 1. The molecule has 0 radical (unpaired) electrons. The number of piperazine rings is 1. The summed E-state index contributed by atoms with van der Waals surface area (Å²) in [5, 5.41) is 15.4. The molecule has 0 spiro atoms. The fraction of sp³-hybridized carbons (Fsp3) is 0.474. The zero-order valence-corrected chi connectivity index (χ0v) is 20.9. The summed E-state index contributed by atoms with van der Waals surface area (Å²) in [7, 11) is -3.43. The van der Waals surface area contributed by atoms with Gasteiger partial charge in [0.25, 0.3) is 0 Å². The Labute approximate surface area is 203 Å². The van der Waals surface area contributed by atoms with Crippen LogP contribution in [0.25, 0.3) is 5.65 Å². The van der Waals surface area contributed by atoms with Crippen LogP contribution in [0.15, 0.2) is 46.2 Å². The van der Waals surface area contributed by atoms with E-state index in [1.165, 1.54) is 10.6 Å². The van der Waals surface area contributed by atoms with E-state index < -0.39 is 10.0 Å². The van der Waals surface area contributed by atoms with E-state index in [1.807, 2.05) is 35.7 Å². The van der Waals surface area contributed by atoms with Crippen molar-refractivity contribution in [2.45, 2.75) is 19.1 Å². The largest absolute Gasteiger partial charge is 0.364 e. The number of pyridine rings is 1. The monoisotopic (exact) mass is 574 g/mol. The van der Waals surface area contributed by atoms with Crippen LogP contribution in [0.5, 0.6) is 0 Å². The number of nitrogens with zero attached hydrogens (tertiary/aromatic N) is 7. The van der Waals surface area contributed by atoms with E-state index >= 15 is 0 Å². The SMILES string of the molecule is CCNC(=NCCc1nnc2ccccn12)N1CCN(S(=O)(=O)Cc2ccon2)CC1.I. The maximum Gasteiger partial charge on any atom is 0.220 e. The first kappa shape index (κ1) is 24.4. The van der Waals surface area contributed by atoms with Crippen molar-refractivity contribution < 1.29 is 12.9 Å². The Morgan fingerprint density at radius 1 is 1.19 bits per heavy atom. The van der Waals surface area contributed by atoms with Gasteiger partial charge in [-0.2, -0.15) is 4.31 Å². The highest BCUT2D eigenvalue weighted by molar-refractivity contribution is 14.0. The predicted molar refractivity (Wildman–Crippen MR) is 130 cm³/mol. The van der Waals surface area contributed by atoms with Crippen LogP contribution in [0.2, 0.25) is 0 Å². The molecule has 13 heteroatoms. The Kier molecular flexibility index (Phi) is 8.42. The van der Waals surface area contributed by atoms with Crippen molar-refractivity contribution in [3.05, 3.63) is 48.2 Å². The van der Waals surface area contributed by atoms with Crippen LogP contribution >= 0.6 is 24.0 Å². The zero-order valence-electron chi connectivity index (χ0n) is 17.8. The minimum Gasteiger partial charge on any atom is -0.364 e. The number of hydrogen-bond donors (Lipinski definition) is 1. The Morgan fingerprint density at radius 3 is 2.72 bits per heavy atom. The summed E-state index contributed by atoms with van der Waals surface area (Å²) < 4.78 is 33.5. The van der Waals surface area contributed by atoms with Crippen LogP contribution in [0.4, 0.5) is 0 Å². The molecular formula is C19H27IN8O3S. The molecule has 0 atom stereocenters. The molecule has 0 saturated carbocycles. The summed E-state index contributed by atoms with van der Waals surface area (Å²) >= 11 is 0. The van der Waals surface area contributed by atoms with Gasteiger partial charge in [0, 0.05) is 58.0 Å². The zero-order chi connectivity index (χ0) is 21.7. The van der Waals surface area contributed by atoms with Gasteiger partial charge in [0.15, 0.2) is 11.6 Å². The fourth-order valence-corrected chi connectivity index (χ4v) is 4.94. The van der Waals surface area contributed by atoms with E-state index in [9.17, 15) is 8.42 Å². The molecule has 1 N–H and O–H groups in total. The first-order valence-electron chi connectivity index (χ1n) is 10.3. The van der Waals surface area contributed by atoms with Gasteiger partial charge in [-0.05, 0) is 19.1 Å². The molecule has 1 aliphatic rings. The number of aromatic nitrogens is 4. The van der Waals surface area contributed by atoms with Gasteiger partial charge in [-0.25, -0.2) is 8.42 Å². The third-order valence-electron chi connectivity index (χ3n) is 5.07. The van der Waals surface area contributed by atoms with Crippen molar-refractivity contribution in [1.29, 1.82) is 0 Å². The van der Waals surface area contributed by atoms with Crippen molar-refractivity contribution >= 4 is 45.6 Å². The van der Waals surface area contributed by atoms with Gasteiger partial charge in [0.2, 0.25) is 10.0 Å². The number of nitrogens with one attached hydrogen (secondary N) is 1. The van der Waals surface area contributed by atoms with Gasteiger partial charge in [-0.15, -0.1) is 34.2 Å². The third-order valence-corrected chi connectivity index (χ3v) is 6.88. The van der Waals surface area contributed by atoms with Crippen LogP contribution in [0.1, 0.15) is 18.4 Å². The van der Waals surface area contributed by atoms with Crippen LogP contribution in [-0.4, -0.2) is 82.6 Å². The van der Waals surface area contributed by atoms with Crippen molar-refractivity contribution in [1.82, 2.24) is 34.3 Å². The first-order valence-corrected chi connectivity index (χ1v) is 11.9. The summed E-state index contributed by atoms with van der Waals surface area (Å²) in [4.78, 5) is 6.82.